The lowest BCUT2D eigenvalue weighted by Crippen LogP contribution is -2.15. The molecule has 0 heteroatoms. The van der Waals surface area contributed by atoms with E-state index < -0.39 is 0 Å². The van der Waals surface area contributed by atoms with Crippen molar-refractivity contribution >= 4 is 32.3 Å². The molecule has 0 saturated carbocycles. The van der Waals surface area contributed by atoms with E-state index in [1.54, 1.807) is 0 Å². The maximum Gasteiger partial charge on any atom is 0.0159 e. The van der Waals surface area contributed by atoms with Crippen molar-refractivity contribution < 1.29 is 0 Å². The van der Waals surface area contributed by atoms with Crippen LogP contribution in [0.4, 0.5) is 0 Å². The first-order valence-electron chi connectivity index (χ1n) is 14.2. The van der Waals surface area contributed by atoms with Crippen molar-refractivity contribution in [2.75, 3.05) is 0 Å². The van der Waals surface area contributed by atoms with Gasteiger partial charge in [0.15, 0.2) is 0 Å². The molecular formula is C40H30. The molecular weight excluding hydrogens is 480 g/mol. The summed E-state index contributed by atoms with van der Waals surface area (Å²) in [7, 11) is 0. The molecule has 0 radical (unpaired) electrons. The molecule has 0 fully saturated rings. The second kappa shape index (κ2) is 8.41. The highest BCUT2D eigenvalue weighted by Crippen LogP contribution is 2.56. The summed E-state index contributed by atoms with van der Waals surface area (Å²) in [6.07, 6.45) is 0. The molecule has 7 aromatic carbocycles. The van der Waals surface area contributed by atoms with E-state index in [1.165, 1.54) is 82.4 Å². The number of hydrogen-bond donors (Lipinski definition) is 0. The third-order valence-corrected chi connectivity index (χ3v) is 9.11. The van der Waals surface area contributed by atoms with Crippen LogP contribution in [0.25, 0.3) is 65.7 Å². The first kappa shape index (κ1) is 23.2. The average molecular weight is 511 g/mol. The third kappa shape index (κ3) is 3.26. The van der Waals surface area contributed by atoms with Crippen LogP contribution < -0.4 is 0 Å². The first-order valence-corrected chi connectivity index (χ1v) is 14.2. The summed E-state index contributed by atoms with van der Waals surface area (Å²) in [6, 6.07) is 47.5. The Morgan fingerprint density at radius 3 is 1.50 bits per heavy atom. The summed E-state index contributed by atoms with van der Waals surface area (Å²) in [5, 5.41) is 7.86. The van der Waals surface area contributed by atoms with Crippen molar-refractivity contribution in [2.45, 2.75) is 26.2 Å². The zero-order chi connectivity index (χ0) is 27.0. The standard InChI is InChI=1S/C40H30/c1-25-16-18-27(19-17-25)34-23-36-38(32-14-8-6-12-30(32)34)39-33-15-9-7-13-31(33)35(24-37(39)40(36,2)3)29-21-20-26-10-4-5-11-28(26)22-29/h4-24H,1-3H3. The van der Waals surface area contributed by atoms with E-state index in [0.717, 1.165) is 0 Å². The summed E-state index contributed by atoms with van der Waals surface area (Å²) < 4.78 is 0. The molecule has 7 aromatic rings. The molecule has 0 aliphatic heterocycles. The van der Waals surface area contributed by atoms with Gasteiger partial charge in [0, 0.05) is 5.41 Å². The molecule has 0 amide bonds. The zero-order valence-electron chi connectivity index (χ0n) is 23.1. The maximum atomic E-state index is 2.49. The van der Waals surface area contributed by atoms with E-state index in [9.17, 15) is 0 Å². The lowest BCUT2D eigenvalue weighted by atomic mass is 9.79. The van der Waals surface area contributed by atoms with Gasteiger partial charge >= 0.3 is 0 Å². The molecule has 40 heavy (non-hydrogen) atoms. The van der Waals surface area contributed by atoms with Gasteiger partial charge in [-0.25, -0.2) is 0 Å². The monoisotopic (exact) mass is 510 g/mol. The lowest BCUT2D eigenvalue weighted by Gasteiger charge is -2.24. The van der Waals surface area contributed by atoms with E-state index in [2.05, 4.69) is 148 Å². The minimum atomic E-state index is -0.135. The molecule has 0 unspecified atom stereocenters. The van der Waals surface area contributed by atoms with Crippen molar-refractivity contribution in [1.82, 2.24) is 0 Å². The van der Waals surface area contributed by atoms with Gasteiger partial charge in [-0.05, 0) is 102 Å². The lowest BCUT2D eigenvalue weighted by molar-refractivity contribution is 0.661. The SMILES string of the molecule is Cc1ccc(-c2cc3c(c4ccccc24)-c2c(cc(-c4ccc5ccccc5c4)c4ccccc24)C3(C)C)cc1. The van der Waals surface area contributed by atoms with Crippen LogP contribution in [0, 0.1) is 6.92 Å². The quantitative estimate of drug-likeness (QED) is 0.217. The van der Waals surface area contributed by atoms with Crippen LogP contribution in [0.2, 0.25) is 0 Å². The van der Waals surface area contributed by atoms with Crippen molar-refractivity contribution in [3.05, 3.63) is 144 Å². The smallest absolute Gasteiger partial charge is 0.0159 e. The van der Waals surface area contributed by atoms with Gasteiger partial charge in [-0.3, -0.25) is 0 Å². The Hall–Kier alpha value is -4.68. The summed E-state index contributed by atoms with van der Waals surface area (Å²) in [5.41, 5.74) is 11.9. The highest BCUT2D eigenvalue weighted by Gasteiger charge is 2.39. The second-order valence-electron chi connectivity index (χ2n) is 11.8. The predicted octanol–water partition coefficient (Wildman–Crippen LogP) is 11.1. The minimum Gasteiger partial charge on any atom is -0.0616 e. The van der Waals surface area contributed by atoms with E-state index in [1.807, 2.05) is 0 Å². The van der Waals surface area contributed by atoms with Crippen LogP contribution in [0.15, 0.2) is 127 Å². The third-order valence-electron chi connectivity index (χ3n) is 9.11. The fourth-order valence-corrected chi connectivity index (χ4v) is 6.99. The van der Waals surface area contributed by atoms with Gasteiger partial charge in [0.1, 0.15) is 0 Å². The van der Waals surface area contributed by atoms with Crippen LogP contribution in [-0.4, -0.2) is 0 Å². The van der Waals surface area contributed by atoms with Crippen LogP contribution in [0.1, 0.15) is 30.5 Å². The van der Waals surface area contributed by atoms with Gasteiger partial charge in [-0.2, -0.15) is 0 Å². The van der Waals surface area contributed by atoms with Gasteiger partial charge in [0.2, 0.25) is 0 Å². The van der Waals surface area contributed by atoms with Crippen LogP contribution in [0.5, 0.6) is 0 Å². The fraction of sp³-hybridized carbons (Fsp3) is 0.100. The number of benzene rings is 7. The van der Waals surface area contributed by atoms with Crippen molar-refractivity contribution in [3.63, 3.8) is 0 Å². The number of hydrogen-bond acceptors (Lipinski definition) is 0. The summed E-state index contributed by atoms with van der Waals surface area (Å²) in [5.74, 6) is 0. The molecule has 0 aromatic heterocycles. The first-order chi connectivity index (χ1) is 19.5. The topological polar surface area (TPSA) is 0 Å². The average Bonchev–Trinajstić information content (AvgIpc) is 3.23. The summed E-state index contributed by atoms with van der Waals surface area (Å²) >= 11 is 0. The highest BCUT2D eigenvalue weighted by molar-refractivity contribution is 6.16. The molecule has 1 aliphatic carbocycles. The molecule has 0 nitrogen and oxygen atoms in total. The zero-order valence-corrected chi connectivity index (χ0v) is 23.1. The van der Waals surface area contributed by atoms with E-state index in [4.69, 9.17) is 0 Å². The molecule has 1 aliphatic rings. The van der Waals surface area contributed by atoms with Gasteiger partial charge in [-0.15, -0.1) is 0 Å². The molecule has 0 atom stereocenters. The van der Waals surface area contributed by atoms with Crippen molar-refractivity contribution in [3.8, 4) is 33.4 Å². The van der Waals surface area contributed by atoms with Gasteiger partial charge < -0.3 is 0 Å². The van der Waals surface area contributed by atoms with Crippen LogP contribution in [0.3, 0.4) is 0 Å². The Morgan fingerprint density at radius 1 is 0.425 bits per heavy atom. The van der Waals surface area contributed by atoms with Crippen molar-refractivity contribution in [2.24, 2.45) is 0 Å². The maximum absolute atomic E-state index is 2.49. The number of rotatable bonds is 2. The molecule has 190 valence electrons. The van der Waals surface area contributed by atoms with E-state index >= 15 is 0 Å². The number of fused-ring (bicyclic) bond motifs is 8. The Morgan fingerprint density at radius 2 is 0.900 bits per heavy atom. The summed E-state index contributed by atoms with van der Waals surface area (Å²) in [6.45, 7) is 6.97. The second-order valence-corrected chi connectivity index (χ2v) is 11.8. The van der Waals surface area contributed by atoms with Gasteiger partial charge in [0.25, 0.3) is 0 Å². The molecule has 0 spiro atoms. The van der Waals surface area contributed by atoms with Crippen LogP contribution in [-0.2, 0) is 5.41 Å². The Labute approximate surface area is 235 Å². The highest BCUT2D eigenvalue weighted by atomic mass is 14.4. The molecule has 8 rings (SSSR count). The molecule has 0 heterocycles. The van der Waals surface area contributed by atoms with Gasteiger partial charge in [0.05, 0.1) is 0 Å². The summed E-state index contributed by atoms with van der Waals surface area (Å²) in [4.78, 5) is 0. The molecule has 0 saturated heterocycles. The fourth-order valence-electron chi connectivity index (χ4n) is 6.99. The van der Waals surface area contributed by atoms with Crippen molar-refractivity contribution in [1.29, 1.82) is 0 Å². The minimum absolute atomic E-state index is 0.135. The van der Waals surface area contributed by atoms with E-state index in [-0.39, 0.29) is 5.41 Å². The predicted molar refractivity (Wildman–Crippen MR) is 172 cm³/mol. The molecule has 0 N–H and O–H groups in total. The number of aryl methyl sites for hydroxylation is 1. The van der Waals surface area contributed by atoms with Gasteiger partial charge in [-0.1, -0.05) is 129 Å². The van der Waals surface area contributed by atoms with Crippen LogP contribution >= 0.6 is 0 Å². The normalized spacial score (nSPS) is 13.6. The Kier molecular flexibility index (Phi) is 4.88. The van der Waals surface area contributed by atoms with E-state index in [0.29, 0.717) is 0 Å². The molecule has 0 bridgehead atoms. The Bertz CT molecular complexity index is 2120. The largest absolute Gasteiger partial charge is 0.0616 e. The Balaban J connectivity index is 1.46.